The van der Waals surface area contributed by atoms with Gasteiger partial charge in [0.2, 0.25) is 0 Å². The summed E-state index contributed by atoms with van der Waals surface area (Å²) >= 11 is 0. The van der Waals surface area contributed by atoms with Crippen molar-refractivity contribution in [2.24, 2.45) is 5.92 Å². The van der Waals surface area contributed by atoms with Gasteiger partial charge in [0.25, 0.3) is 0 Å². The van der Waals surface area contributed by atoms with Gasteiger partial charge in [-0.2, -0.15) is 0 Å². The number of hydrogen-bond donors (Lipinski definition) is 2. The molecule has 0 bridgehead atoms. The molecule has 0 aromatic carbocycles. The second-order valence-corrected chi connectivity index (χ2v) is 4.05. The van der Waals surface area contributed by atoms with Crippen LogP contribution in [-0.4, -0.2) is 55.2 Å². The molecule has 7 heteroatoms. The SMILES string of the molecule is COC(=O)CN(C)C(=O)NCCCC(C)C(=O)O. The number of methoxy groups -OCH3 is 1. The van der Waals surface area contributed by atoms with E-state index in [4.69, 9.17) is 5.11 Å². The second-order valence-electron chi connectivity index (χ2n) is 4.05. The number of nitrogens with one attached hydrogen (secondary N) is 1. The third-order valence-electron chi connectivity index (χ3n) is 2.45. The molecule has 18 heavy (non-hydrogen) atoms. The lowest BCUT2D eigenvalue weighted by Gasteiger charge is -2.16. The number of urea groups is 1. The highest BCUT2D eigenvalue weighted by Gasteiger charge is 2.13. The van der Waals surface area contributed by atoms with Crippen molar-refractivity contribution in [3.05, 3.63) is 0 Å². The van der Waals surface area contributed by atoms with Gasteiger partial charge in [-0.05, 0) is 12.8 Å². The van der Waals surface area contributed by atoms with Crippen molar-refractivity contribution in [1.82, 2.24) is 10.2 Å². The molecule has 0 radical (unpaired) electrons. The van der Waals surface area contributed by atoms with Crippen LogP contribution in [0.3, 0.4) is 0 Å². The van der Waals surface area contributed by atoms with Crippen molar-refractivity contribution in [3.63, 3.8) is 0 Å². The number of carbonyl (C=O) groups excluding carboxylic acids is 2. The zero-order valence-electron chi connectivity index (χ0n) is 10.9. The Labute approximate surface area is 106 Å². The standard InChI is InChI=1S/C11H20N2O5/c1-8(10(15)16)5-4-6-12-11(17)13(2)7-9(14)18-3/h8H,4-7H2,1-3H3,(H,12,17)(H,15,16). The van der Waals surface area contributed by atoms with Crippen molar-refractivity contribution in [2.75, 3.05) is 27.2 Å². The first-order chi connectivity index (χ1) is 8.38. The van der Waals surface area contributed by atoms with Crippen molar-refractivity contribution in [1.29, 1.82) is 0 Å². The first-order valence-electron chi connectivity index (χ1n) is 5.67. The van der Waals surface area contributed by atoms with Crippen LogP contribution in [0.25, 0.3) is 0 Å². The number of hydrogen-bond acceptors (Lipinski definition) is 4. The molecule has 0 saturated heterocycles. The number of amides is 2. The van der Waals surface area contributed by atoms with Crippen LogP contribution in [0.1, 0.15) is 19.8 Å². The first kappa shape index (κ1) is 16.2. The number of aliphatic carboxylic acids is 1. The van der Waals surface area contributed by atoms with Gasteiger partial charge in [0, 0.05) is 13.6 Å². The van der Waals surface area contributed by atoms with E-state index in [9.17, 15) is 14.4 Å². The van der Waals surface area contributed by atoms with Crippen LogP contribution >= 0.6 is 0 Å². The molecule has 1 unspecified atom stereocenters. The number of carbonyl (C=O) groups is 3. The monoisotopic (exact) mass is 260 g/mol. The Morgan fingerprint density at radius 1 is 1.39 bits per heavy atom. The molecule has 1 atom stereocenters. The number of carboxylic acids is 1. The molecule has 0 fully saturated rings. The molecule has 0 aromatic heterocycles. The number of rotatable bonds is 7. The third-order valence-corrected chi connectivity index (χ3v) is 2.45. The van der Waals surface area contributed by atoms with E-state index in [0.29, 0.717) is 19.4 Å². The average Bonchev–Trinajstić information content (AvgIpc) is 2.33. The van der Waals surface area contributed by atoms with Gasteiger partial charge in [-0.15, -0.1) is 0 Å². The van der Waals surface area contributed by atoms with Crippen LogP contribution in [0, 0.1) is 5.92 Å². The van der Waals surface area contributed by atoms with E-state index < -0.39 is 17.9 Å². The summed E-state index contributed by atoms with van der Waals surface area (Å²) in [5.74, 6) is -1.76. The molecule has 0 aliphatic heterocycles. The molecule has 104 valence electrons. The largest absolute Gasteiger partial charge is 0.481 e. The van der Waals surface area contributed by atoms with Crippen molar-refractivity contribution in [3.8, 4) is 0 Å². The van der Waals surface area contributed by atoms with Crippen LogP contribution in [0.2, 0.25) is 0 Å². The molecule has 0 aliphatic carbocycles. The number of carboxylic acid groups (broad SMARTS) is 1. The summed E-state index contributed by atoms with van der Waals surface area (Å²) in [7, 11) is 2.73. The molecular weight excluding hydrogens is 240 g/mol. The topological polar surface area (TPSA) is 95.9 Å². The number of esters is 1. The summed E-state index contributed by atoms with van der Waals surface area (Å²) < 4.78 is 4.43. The molecule has 0 rings (SSSR count). The third kappa shape index (κ3) is 6.72. The van der Waals surface area contributed by atoms with Gasteiger partial charge >= 0.3 is 18.0 Å². The van der Waals surface area contributed by atoms with Gasteiger partial charge in [-0.3, -0.25) is 9.59 Å². The van der Waals surface area contributed by atoms with E-state index in [1.165, 1.54) is 19.1 Å². The van der Waals surface area contributed by atoms with Crippen LogP contribution < -0.4 is 5.32 Å². The molecule has 0 aromatic rings. The lowest BCUT2D eigenvalue weighted by atomic mass is 10.1. The zero-order chi connectivity index (χ0) is 14.1. The second kappa shape index (κ2) is 8.32. The normalized spacial score (nSPS) is 11.5. The molecule has 0 spiro atoms. The Morgan fingerprint density at radius 3 is 2.50 bits per heavy atom. The van der Waals surface area contributed by atoms with Gasteiger partial charge in [-0.1, -0.05) is 6.92 Å². The Morgan fingerprint density at radius 2 is 2.00 bits per heavy atom. The van der Waals surface area contributed by atoms with E-state index >= 15 is 0 Å². The van der Waals surface area contributed by atoms with Gasteiger partial charge in [0.1, 0.15) is 6.54 Å². The van der Waals surface area contributed by atoms with Crippen molar-refractivity contribution < 1.29 is 24.2 Å². The van der Waals surface area contributed by atoms with Crippen LogP contribution in [0.15, 0.2) is 0 Å². The van der Waals surface area contributed by atoms with E-state index in [0.717, 1.165) is 0 Å². The summed E-state index contributed by atoms with van der Waals surface area (Å²) in [6, 6.07) is -0.386. The minimum Gasteiger partial charge on any atom is -0.481 e. The predicted molar refractivity (Wildman–Crippen MR) is 64.1 cm³/mol. The maximum atomic E-state index is 11.5. The van der Waals surface area contributed by atoms with Crippen molar-refractivity contribution in [2.45, 2.75) is 19.8 Å². The molecule has 0 heterocycles. The number of ether oxygens (including phenoxy) is 1. The maximum absolute atomic E-state index is 11.5. The Balaban J connectivity index is 3.76. The highest BCUT2D eigenvalue weighted by Crippen LogP contribution is 2.04. The fourth-order valence-corrected chi connectivity index (χ4v) is 1.19. The Hall–Kier alpha value is -1.79. The minimum absolute atomic E-state index is 0.117. The molecule has 7 nitrogen and oxygen atoms in total. The van der Waals surface area contributed by atoms with Crippen LogP contribution in [0.5, 0.6) is 0 Å². The van der Waals surface area contributed by atoms with Crippen LogP contribution in [-0.2, 0) is 14.3 Å². The molecule has 0 aliphatic rings. The van der Waals surface area contributed by atoms with E-state index in [-0.39, 0.29) is 12.6 Å². The average molecular weight is 260 g/mol. The van der Waals surface area contributed by atoms with Crippen molar-refractivity contribution >= 4 is 18.0 Å². The smallest absolute Gasteiger partial charge is 0.325 e. The highest BCUT2D eigenvalue weighted by atomic mass is 16.5. The van der Waals surface area contributed by atoms with Gasteiger partial charge in [0.15, 0.2) is 0 Å². The van der Waals surface area contributed by atoms with E-state index in [1.807, 2.05) is 0 Å². The van der Waals surface area contributed by atoms with Gasteiger partial charge in [0.05, 0.1) is 13.0 Å². The number of likely N-dealkylation sites (N-methyl/N-ethyl adjacent to an activating group) is 1. The molecule has 0 saturated carbocycles. The summed E-state index contributed by atoms with van der Waals surface area (Å²) in [6.07, 6.45) is 1.07. The summed E-state index contributed by atoms with van der Waals surface area (Å²) in [5.41, 5.74) is 0. The Kier molecular flexibility index (Phi) is 7.50. The minimum atomic E-state index is -0.843. The lowest BCUT2D eigenvalue weighted by molar-refractivity contribution is -0.142. The van der Waals surface area contributed by atoms with Crippen LogP contribution in [0.4, 0.5) is 4.79 Å². The summed E-state index contributed by atoms with van der Waals surface area (Å²) in [6.45, 7) is 1.88. The van der Waals surface area contributed by atoms with E-state index in [1.54, 1.807) is 6.92 Å². The summed E-state index contributed by atoms with van der Waals surface area (Å²) in [5, 5.41) is 11.3. The van der Waals surface area contributed by atoms with Gasteiger partial charge < -0.3 is 20.1 Å². The predicted octanol–water partition coefficient (Wildman–Crippen LogP) is 0.302. The summed E-state index contributed by atoms with van der Waals surface area (Å²) in [4.78, 5) is 34.1. The zero-order valence-corrected chi connectivity index (χ0v) is 10.9. The van der Waals surface area contributed by atoms with Gasteiger partial charge in [-0.25, -0.2) is 4.79 Å². The Bertz CT molecular complexity index is 306. The lowest BCUT2D eigenvalue weighted by Crippen LogP contribution is -2.40. The number of nitrogens with zero attached hydrogens (tertiary/aromatic N) is 1. The molecule has 2 N–H and O–H groups in total. The highest BCUT2D eigenvalue weighted by molar-refractivity contribution is 5.80. The fourth-order valence-electron chi connectivity index (χ4n) is 1.19. The quantitative estimate of drug-likeness (QED) is 0.507. The fraction of sp³-hybridized carbons (Fsp3) is 0.727. The molecule has 2 amide bonds. The molecular formula is C11H20N2O5. The van der Waals surface area contributed by atoms with E-state index in [2.05, 4.69) is 10.1 Å². The first-order valence-corrected chi connectivity index (χ1v) is 5.67. The maximum Gasteiger partial charge on any atom is 0.325 e.